The van der Waals surface area contributed by atoms with Crippen molar-refractivity contribution in [1.82, 2.24) is 10.6 Å². The average molecular weight is 403 g/mol. The highest BCUT2D eigenvalue weighted by Crippen LogP contribution is 2.01. The molecule has 6 rings (SSSR count). The van der Waals surface area contributed by atoms with E-state index in [1.54, 1.807) is 0 Å². The van der Waals surface area contributed by atoms with Gasteiger partial charge in [-0.3, -0.25) is 20.0 Å². The first kappa shape index (κ1) is 21.7. The molecule has 4 aliphatic heterocycles. The van der Waals surface area contributed by atoms with Crippen LogP contribution in [0.4, 0.5) is 0 Å². The lowest BCUT2D eigenvalue weighted by Gasteiger charge is -2.01. The van der Waals surface area contributed by atoms with Crippen LogP contribution in [-0.2, 0) is 0 Å². The van der Waals surface area contributed by atoms with Crippen LogP contribution >= 0.6 is 0 Å². The van der Waals surface area contributed by atoms with Gasteiger partial charge < -0.3 is 10.6 Å². The summed E-state index contributed by atoms with van der Waals surface area (Å²) in [6, 6.07) is 16.6. The second-order valence-electron chi connectivity index (χ2n) is 6.97. The Bertz CT molecular complexity index is 707. The van der Waals surface area contributed by atoms with Crippen LogP contribution in [0.2, 0.25) is 0 Å². The van der Waals surface area contributed by atoms with E-state index in [9.17, 15) is 0 Å². The van der Waals surface area contributed by atoms with Crippen LogP contribution in [0.1, 0.15) is 22.3 Å². The van der Waals surface area contributed by atoms with Gasteiger partial charge in [0, 0.05) is 51.0 Å². The van der Waals surface area contributed by atoms with E-state index in [2.05, 4.69) is 79.1 Å². The predicted octanol–water partition coefficient (Wildman–Crippen LogP) is 2.26. The Morgan fingerprint density at radius 2 is 0.633 bits per heavy atom. The maximum absolute atomic E-state index is 4.48. The first-order valence-corrected chi connectivity index (χ1v) is 10.5. The lowest BCUT2D eigenvalue weighted by atomic mass is 10.1. The summed E-state index contributed by atoms with van der Waals surface area (Å²) in [5.74, 6) is 0. The molecule has 2 N–H and O–H groups in total. The van der Waals surface area contributed by atoms with Gasteiger partial charge in [0.25, 0.3) is 0 Å². The second kappa shape index (κ2) is 13.3. The van der Waals surface area contributed by atoms with Crippen LogP contribution in [-0.4, -0.2) is 77.2 Å². The molecule has 4 aliphatic rings. The zero-order valence-corrected chi connectivity index (χ0v) is 17.4. The van der Waals surface area contributed by atoms with E-state index < -0.39 is 0 Å². The van der Waals surface area contributed by atoms with E-state index in [-0.39, 0.29) is 0 Å². The van der Waals surface area contributed by atoms with Gasteiger partial charge in [-0.25, -0.2) is 0 Å². The topological polar surface area (TPSA) is 73.5 Å². The molecule has 0 aliphatic carbocycles. The molecule has 2 aromatic carbocycles. The highest BCUT2D eigenvalue weighted by molar-refractivity contribution is 5.84. The van der Waals surface area contributed by atoms with E-state index in [4.69, 9.17) is 0 Å². The minimum atomic E-state index is 0.753. The quantitative estimate of drug-likeness (QED) is 0.709. The molecule has 6 heteroatoms. The van der Waals surface area contributed by atoms with Crippen molar-refractivity contribution in [1.29, 1.82) is 0 Å². The minimum absolute atomic E-state index is 0.753. The molecule has 0 saturated heterocycles. The van der Waals surface area contributed by atoms with Crippen LogP contribution in [0.15, 0.2) is 68.5 Å². The Labute approximate surface area is 179 Å². The van der Waals surface area contributed by atoms with Crippen molar-refractivity contribution in [3.05, 3.63) is 70.8 Å². The van der Waals surface area contributed by atoms with Crippen LogP contribution in [0, 0.1) is 0 Å². The van der Waals surface area contributed by atoms with Gasteiger partial charge in [0.15, 0.2) is 0 Å². The SMILES string of the molecule is C1=NCCNCCN=Cc2ccc(cc2)C=NCCNCCN=Cc2ccc1cc2. The summed E-state index contributed by atoms with van der Waals surface area (Å²) in [5.41, 5.74) is 4.41. The minimum Gasteiger partial charge on any atom is -0.313 e. The zero-order valence-electron chi connectivity index (χ0n) is 17.4. The second-order valence-corrected chi connectivity index (χ2v) is 6.97. The molecule has 0 amide bonds. The molecule has 0 atom stereocenters. The number of benzene rings is 2. The normalized spacial score (nSPS) is 16.8. The summed E-state index contributed by atoms with van der Waals surface area (Å²) >= 11 is 0. The Hall–Kier alpha value is -2.96. The van der Waals surface area contributed by atoms with Gasteiger partial charge in [-0.1, -0.05) is 48.5 Å². The summed E-state index contributed by atoms with van der Waals surface area (Å²) in [5, 5.41) is 6.73. The molecule has 0 fully saturated rings. The molecule has 30 heavy (non-hydrogen) atoms. The largest absolute Gasteiger partial charge is 0.313 e. The van der Waals surface area contributed by atoms with Crippen molar-refractivity contribution in [2.75, 3.05) is 52.4 Å². The summed E-state index contributed by atoms with van der Waals surface area (Å²) in [7, 11) is 0. The van der Waals surface area contributed by atoms with Gasteiger partial charge in [0.2, 0.25) is 0 Å². The summed E-state index contributed by atoms with van der Waals surface area (Å²) < 4.78 is 0. The number of hydrogen-bond acceptors (Lipinski definition) is 6. The van der Waals surface area contributed by atoms with Gasteiger partial charge in [0.05, 0.1) is 26.2 Å². The molecule has 4 heterocycles. The lowest BCUT2D eigenvalue weighted by molar-refractivity contribution is 0.699. The molecule has 6 nitrogen and oxygen atoms in total. The highest BCUT2D eigenvalue weighted by atomic mass is 14.9. The van der Waals surface area contributed by atoms with Gasteiger partial charge in [-0.05, 0) is 22.3 Å². The number of nitrogens with one attached hydrogen (secondary N) is 2. The maximum atomic E-state index is 4.48. The Balaban J connectivity index is 1.55. The molecule has 2 aromatic rings. The molecule has 0 saturated carbocycles. The summed E-state index contributed by atoms with van der Waals surface area (Å²) in [6.45, 7) is 6.40. The highest BCUT2D eigenvalue weighted by Gasteiger charge is 1.93. The summed E-state index contributed by atoms with van der Waals surface area (Å²) in [4.78, 5) is 17.9. The van der Waals surface area contributed by atoms with Crippen molar-refractivity contribution < 1.29 is 0 Å². The Kier molecular flexibility index (Phi) is 9.64. The van der Waals surface area contributed by atoms with Gasteiger partial charge in [-0.15, -0.1) is 0 Å². The molecular formula is C24H30N6. The van der Waals surface area contributed by atoms with Crippen molar-refractivity contribution in [3.63, 3.8) is 0 Å². The maximum Gasteiger partial charge on any atom is 0.0514 e. The third-order valence-corrected chi connectivity index (χ3v) is 4.51. The lowest BCUT2D eigenvalue weighted by Crippen LogP contribution is -2.21. The first-order chi connectivity index (χ1) is 14.9. The molecular weight excluding hydrogens is 372 g/mol. The van der Waals surface area contributed by atoms with Gasteiger partial charge >= 0.3 is 0 Å². The van der Waals surface area contributed by atoms with E-state index in [0.29, 0.717) is 0 Å². The van der Waals surface area contributed by atoms with Crippen molar-refractivity contribution >= 4 is 24.9 Å². The molecule has 0 unspecified atom stereocenters. The van der Waals surface area contributed by atoms with E-state index in [1.165, 1.54) is 0 Å². The van der Waals surface area contributed by atoms with Crippen LogP contribution in [0.5, 0.6) is 0 Å². The fourth-order valence-electron chi connectivity index (χ4n) is 2.84. The van der Waals surface area contributed by atoms with Crippen molar-refractivity contribution in [3.8, 4) is 0 Å². The monoisotopic (exact) mass is 402 g/mol. The van der Waals surface area contributed by atoms with E-state index in [1.807, 2.05) is 24.9 Å². The fourth-order valence-corrected chi connectivity index (χ4v) is 2.84. The smallest absolute Gasteiger partial charge is 0.0514 e. The van der Waals surface area contributed by atoms with Crippen molar-refractivity contribution in [2.24, 2.45) is 20.0 Å². The average Bonchev–Trinajstić information content (AvgIpc) is 2.78. The van der Waals surface area contributed by atoms with E-state index in [0.717, 1.165) is 74.6 Å². The molecule has 0 radical (unpaired) electrons. The fraction of sp³-hybridized carbons (Fsp3) is 0.333. The van der Waals surface area contributed by atoms with E-state index >= 15 is 0 Å². The van der Waals surface area contributed by atoms with Crippen molar-refractivity contribution in [2.45, 2.75) is 0 Å². The third-order valence-electron chi connectivity index (χ3n) is 4.51. The first-order valence-electron chi connectivity index (χ1n) is 10.5. The zero-order chi connectivity index (χ0) is 20.7. The number of rotatable bonds is 0. The Morgan fingerprint density at radius 1 is 0.400 bits per heavy atom. The number of hydrogen-bond donors (Lipinski definition) is 2. The van der Waals surface area contributed by atoms with Crippen LogP contribution in [0.25, 0.3) is 0 Å². The van der Waals surface area contributed by atoms with Crippen LogP contribution < -0.4 is 10.6 Å². The predicted molar refractivity (Wildman–Crippen MR) is 128 cm³/mol. The third kappa shape index (κ3) is 8.59. The Morgan fingerprint density at radius 3 is 0.867 bits per heavy atom. The molecule has 0 spiro atoms. The van der Waals surface area contributed by atoms with Gasteiger partial charge in [-0.2, -0.15) is 0 Å². The summed E-state index contributed by atoms with van der Waals surface area (Å²) in [6.07, 6.45) is 7.67. The molecule has 156 valence electrons. The molecule has 0 aromatic heterocycles. The molecule has 4 bridgehead atoms. The van der Waals surface area contributed by atoms with Gasteiger partial charge in [0.1, 0.15) is 0 Å². The number of aliphatic imine (C=N–C) groups is 4. The standard InChI is InChI=1S/C24H30N6/c1-2-22-4-3-21(1)17-27-13-9-25-11-15-29-19-23-5-7-24(8-6-23)20-30-16-12-26-10-14-28-18-22/h1-8,17-20,25-26H,9-16H2. The number of nitrogens with zero attached hydrogens (tertiary/aromatic N) is 4. The van der Waals surface area contributed by atoms with Crippen LogP contribution in [0.3, 0.4) is 0 Å².